The highest BCUT2D eigenvalue weighted by Gasteiger charge is 2.16. The van der Waals surface area contributed by atoms with Crippen molar-refractivity contribution < 1.29 is 14.3 Å². The molecular formula is C23H31N3O3. The number of piperazine rings is 1. The zero-order valence-electron chi connectivity index (χ0n) is 17.4. The second kappa shape index (κ2) is 10.8. The molecule has 0 aromatic heterocycles. The number of nitrogens with zero attached hydrogens (tertiary/aromatic N) is 2. The van der Waals surface area contributed by atoms with E-state index in [1.54, 1.807) is 19.2 Å². The number of carbonyl (C=O) groups is 1. The minimum absolute atomic E-state index is 0.00648. The minimum atomic E-state index is -0.132. The van der Waals surface area contributed by atoms with Crippen molar-refractivity contribution in [2.75, 3.05) is 46.4 Å². The van der Waals surface area contributed by atoms with Crippen LogP contribution in [0, 0.1) is 0 Å². The monoisotopic (exact) mass is 397 g/mol. The lowest BCUT2D eigenvalue weighted by atomic mass is 10.1. The third kappa shape index (κ3) is 6.48. The van der Waals surface area contributed by atoms with Crippen molar-refractivity contribution in [3.8, 4) is 11.5 Å². The topological polar surface area (TPSA) is 54.0 Å². The third-order valence-corrected chi connectivity index (χ3v) is 5.33. The summed E-state index contributed by atoms with van der Waals surface area (Å²) in [7, 11) is 1.62. The second-order valence-corrected chi connectivity index (χ2v) is 7.22. The zero-order chi connectivity index (χ0) is 20.5. The summed E-state index contributed by atoms with van der Waals surface area (Å²) in [4.78, 5) is 17.2. The van der Waals surface area contributed by atoms with Gasteiger partial charge in [0.15, 0.2) is 6.61 Å². The summed E-state index contributed by atoms with van der Waals surface area (Å²) in [6.45, 7) is 9.18. The smallest absolute Gasteiger partial charge is 0.258 e. The molecule has 0 saturated carbocycles. The summed E-state index contributed by atoms with van der Waals surface area (Å²) in [5.41, 5.74) is 2.43. The maximum atomic E-state index is 12.2. The first-order chi connectivity index (χ1) is 14.2. The molecule has 1 heterocycles. The Morgan fingerprint density at radius 2 is 1.55 bits per heavy atom. The Balaban J connectivity index is 1.46. The van der Waals surface area contributed by atoms with Crippen LogP contribution in [-0.4, -0.2) is 62.1 Å². The molecular weight excluding hydrogens is 366 g/mol. The van der Waals surface area contributed by atoms with Crippen LogP contribution in [0.5, 0.6) is 11.5 Å². The van der Waals surface area contributed by atoms with Crippen molar-refractivity contribution in [1.29, 1.82) is 0 Å². The number of ether oxygens (including phenoxy) is 2. The Morgan fingerprint density at radius 3 is 2.21 bits per heavy atom. The van der Waals surface area contributed by atoms with Crippen LogP contribution in [0.4, 0.5) is 0 Å². The highest BCUT2D eigenvalue weighted by molar-refractivity contribution is 5.77. The fourth-order valence-corrected chi connectivity index (χ4v) is 3.45. The molecule has 1 N–H and O–H groups in total. The van der Waals surface area contributed by atoms with Crippen molar-refractivity contribution in [3.05, 3.63) is 59.7 Å². The van der Waals surface area contributed by atoms with Crippen LogP contribution in [0.2, 0.25) is 0 Å². The van der Waals surface area contributed by atoms with Crippen LogP contribution in [0.15, 0.2) is 48.5 Å². The van der Waals surface area contributed by atoms with E-state index < -0.39 is 0 Å². The highest BCUT2D eigenvalue weighted by atomic mass is 16.5. The zero-order valence-corrected chi connectivity index (χ0v) is 17.4. The molecule has 6 heteroatoms. The quantitative estimate of drug-likeness (QED) is 0.705. The number of amides is 1. The Morgan fingerprint density at radius 1 is 0.931 bits per heavy atom. The molecule has 1 saturated heterocycles. The number of hydrogen-bond donors (Lipinski definition) is 1. The molecule has 156 valence electrons. The van der Waals surface area contributed by atoms with Gasteiger partial charge in [0.25, 0.3) is 5.91 Å². The predicted octanol–water partition coefficient (Wildman–Crippen LogP) is 2.53. The fraction of sp³-hybridized carbons (Fsp3) is 0.435. The van der Waals surface area contributed by atoms with E-state index in [1.807, 2.05) is 18.2 Å². The number of methoxy groups -OCH3 is 1. The molecule has 0 bridgehead atoms. The summed E-state index contributed by atoms with van der Waals surface area (Å²) in [6, 6.07) is 15.5. The lowest BCUT2D eigenvalue weighted by Crippen LogP contribution is -2.45. The molecule has 6 nitrogen and oxygen atoms in total. The molecule has 0 unspecified atom stereocenters. The molecule has 2 aromatic carbocycles. The Bertz CT molecular complexity index is 771. The molecule has 3 rings (SSSR count). The highest BCUT2D eigenvalue weighted by Crippen LogP contribution is 2.17. The Hall–Kier alpha value is -2.57. The summed E-state index contributed by atoms with van der Waals surface area (Å²) < 4.78 is 10.7. The predicted molar refractivity (Wildman–Crippen MR) is 114 cm³/mol. The number of rotatable bonds is 9. The van der Waals surface area contributed by atoms with Gasteiger partial charge in [0.1, 0.15) is 11.5 Å². The van der Waals surface area contributed by atoms with E-state index in [9.17, 15) is 4.79 Å². The second-order valence-electron chi connectivity index (χ2n) is 7.22. The van der Waals surface area contributed by atoms with Gasteiger partial charge in [-0.3, -0.25) is 9.69 Å². The molecule has 29 heavy (non-hydrogen) atoms. The average Bonchev–Trinajstić information content (AvgIpc) is 2.78. The lowest BCUT2D eigenvalue weighted by molar-refractivity contribution is -0.123. The van der Waals surface area contributed by atoms with Crippen molar-refractivity contribution in [3.63, 3.8) is 0 Å². The molecule has 0 radical (unpaired) electrons. The van der Waals surface area contributed by atoms with Crippen molar-refractivity contribution >= 4 is 5.91 Å². The maximum absolute atomic E-state index is 12.2. The summed E-state index contributed by atoms with van der Waals surface area (Å²) in [6.07, 6.45) is 0. The van der Waals surface area contributed by atoms with Gasteiger partial charge >= 0.3 is 0 Å². The van der Waals surface area contributed by atoms with Crippen molar-refractivity contribution in [2.24, 2.45) is 0 Å². The molecule has 0 atom stereocenters. The van der Waals surface area contributed by atoms with Gasteiger partial charge in [-0.15, -0.1) is 0 Å². The number of benzene rings is 2. The van der Waals surface area contributed by atoms with Crippen LogP contribution >= 0.6 is 0 Å². The molecule has 1 fully saturated rings. The average molecular weight is 398 g/mol. The van der Waals surface area contributed by atoms with Crippen LogP contribution in [-0.2, 0) is 17.9 Å². The summed E-state index contributed by atoms with van der Waals surface area (Å²) in [5.74, 6) is 1.27. The fourth-order valence-electron chi connectivity index (χ4n) is 3.45. The van der Waals surface area contributed by atoms with Crippen LogP contribution in [0.25, 0.3) is 0 Å². The Labute approximate surface area is 173 Å². The van der Waals surface area contributed by atoms with Gasteiger partial charge < -0.3 is 19.7 Å². The van der Waals surface area contributed by atoms with Crippen LogP contribution < -0.4 is 14.8 Å². The first kappa shape index (κ1) is 21.1. The van der Waals surface area contributed by atoms with Crippen molar-refractivity contribution in [2.45, 2.75) is 20.0 Å². The molecule has 2 aromatic rings. The molecule has 1 aliphatic heterocycles. The number of nitrogens with one attached hydrogen (secondary N) is 1. The number of likely N-dealkylation sites (N-methyl/N-ethyl adjacent to an activating group) is 1. The maximum Gasteiger partial charge on any atom is 0.258 e. The van der Waals surface area contributed by atoms with Gasteiger partial charge in [-0.05, 0) is 41.9 Å². The van der Waals surface area contributed by atoms with Gasteiger partial charge in [-0.2, -0.15) is 0 Å². The van der Waals surface area contributed by atoms with Crippen LogP contribution in [0.1, 0.15) is 18.1 Å². The molecule has 1 aliphatic rings. The normalized spacial score (nSPS) is 15.1. The third-order valence-electron chi connectivity index (χ3n) is 5.33. The van der Waals surface area contributed by atoms with E-state index in [-0.39, 0.29) is 12.5 Å². The van der Waals surface area contributed by atoms with E-state index in [1.165, 1.54) is 5.56 Å². The Kier molecular flexibility index (Phi) is 7.90. The van der Waals surface area contributed by atoms with Gasteiger partial charge in [0.05, 0.1) is 7.11 Å². The van der Waals surface area contributed by atoms with Gasteiger partial charge in [0.2, 0.25) is 0 Å². The standard InChI is InChI=1S/C23H31N3O3/c1-3-25-12-14-26(15-13-25)17-20-7-5-4-6-19(20)16-24-23(27)18-29-22-10-8-21(28-2)9-11-22/h4-11H,3,12-18H2,1-2H3,(H,24,27). The van der Waals surface area contributed by atoms with Crippen LogP contribution in [0.3, 0.4) is 0 Å². The van der Waals surface area contributed by atoms with Gasteiger partial charge in [-0.25, -0.2) is 0 Å². The van der Waals surface area contributed by atoms with E-state index in [4.69, 9.17) is 9.47 Å². The van der Waals surface area contributed by atoms with Gasteiger partial charge in [-0.1, -0.05) is 31.2 Å². The summed E-state index contributed by atoms with van der Waals surface area (Å²) in [5, 5.41) is 2.97. The lowest BCUT2D eigenvalue weighted by Gasteiger charge is -2.34. The summed E-state index contributed by atoms with van der Waals surface area (Å²) >= 11 is 0. The molecule has 0 aliphatic carbocycles. The van der Waals surface area contributed by atoms with Gasteiger partial charge in [0, 0.05) is 39.3 Å². The van der Waals surface area contributed by atoms with E-state index >= 15 is 0 Å². The first-order valence-electron chi connectivity index (χ1n) is 10.2. The largest absolute Gasteiger partial charge is 0.497 e. The SMILES string of the molecule is CCN1CCN(Cc2ccccc2CNC(=O)COc2ccc(OC)cc2)CC1. The molecule has 0 spiro atoms. The van der Waals surface area contributed by atoms with E-state index in [0.717, 1.165) is 50.6 Å². The first-order valence-corrected chi connectivity index (χ1v) is 10.2. The van der Waals surface area contributed by atoms with E-state index in [2.05, 4.69) is 40.2 Å². The number of carbonyl (C=O) groups excluding carboxylic acids is 1. The number of hydrogen-bond acceptors (Lipinski definition) is 5. The van der Waals surface area contributed by atoms with E-state index in [0.29, 0.717) is 12.3 Å². The minimum Gasteiger partial charge on any atom is -0.497 e. The molecule has 1 amide bonds. The van der Waals surface area contributed by atoms with Crippen molar-refractivity contribution in [1.82, 2.24) is 15.1 Å².